The van der Waals surface area contributed by atoms with Crippen LogP contribution in [0.3, 0.4) is 0 Å². The number of likely N-dealkylation sites (tertiary alicyclic amines) is 1. The molecule has 3 heterocycles. The lowest BCUT2D eigenvalue weighted by molar-refractivity contribution is 0.0198. The summed E-state index contributed by atoms with van der Waals surface area (Å²) < 4.78 is 12.8. The Kier molecular flexibility index (Phi) is 5.26. The van der Waals surface area contributed by atoms with Gasteiger partial charge in [0, 0.05) is 24.4 Å². The average molecular weight is 412 g/mol. The van der Waals surface area contributed by atoms with E-state index in [4.69, 9.17) is 14.4 Å². The highest BCUT2D eigenvalue weighted by atomic mass is 16.6. The molecule has 2 aromatic heterocycles. The van der Waals surface area contributed by atoms with Gasteiger partial charge >= 0.3 is 6.09 Å². The van der Waals surface area contributed by atoms with Crippen LogP contribution in [0.4, 0.5) is 4.79 Å². The van der Waals surface area contributed by atoms with Gasteiger partial charge in [0.1, 0.15) is 5.60 Å². The van der Waals surface area contributed by atoms with Gasteiger partial charge in [0.15, 0.2) is 0 Å². The van der Waals surface area contributed by atoms with Crippen LogP contribution in [-0.4, -0.2) is 49.6 Å². The van der Waals surface area contributed by atoms with Crippen molar-refractivity contribution in [3.63, 3.8) is 0 Å². The quantitative estimate of drug-likeness (QED) is 0.635. The molecule has 0 spiro atoms. The molecule has 0 radical (unpaired) electrons. The zero-order chi connectivity index (χ0) is 21.5. The Morgan fingerprint density at radius 3 is 2.67 bits per heavy atom. The Morgan fingerprint density at radius 1 is 1.27 bits per heavy atom. The van der Waals surface area contributed by atoms with E-state index in [9.17, 15) is 4.79 Å². The number of ether oxygens (including phenoxy) is 1. The number of rotatable bonds is 3. The summed E-state index contributed by atoms with van der Waals surface area (Å²) in [5.41, 5.74) is 2.67. The predicted molar refractivity (Wildman–Crippen MR) is 113 cm³/mol. The van der Waals surface area contributed by atoms with Crippen molar-refractivity contribution < 1.29 is 14.1 Å². The van der Waals surface area contributed by atoms with Gasteiger partial charge in [-0.1, -0.05) is 19.1 Å². The van der Waals surface area contributed by atoms with E-state index in [0.29, 0.717) is 24.9 Å². The van der Waals surface area contributed by atoms with Gasteiger partial charge in [-0.05, 0) is 63.7 Å². The van der Waals surface area contributed by atoms with Gasteiger partial charge < -0.3 is 14.2 Å². The fourth-order valence-electron chi connectivity index (χ4n) is 3.82. The maximum absolute atomic E-state index is 12.3. The molecule has 1 amide bonds. The highest BCUT2D eigenvalue weighted by Crippen LogP contribution is 2.29. The monoisotopic (exact) mass is 411 g/mol. The van der Waals surface area contributed by atoms with Crippen molar-refractivity contribution in [3.05, 3.63) is 35.3 Å². The minimum absolute atomic E-state index is 0.124. The first-order valence-electron chi connectivity index (χ1n) is 10.6. The molecule has 8 nitrogen and oxygen atoms in total. The van der Waals surface area contributed by atoms with Crippen LogP contribution in [0, 0.1) is 6.92 Å². The molecular formula is C22H29N5O3. The summed E-state index contributed by atoms with van der Waals surface area (Å²) in [5.74, 6) is 1.18. The van der Waals surface area contributed by atoms with E-state index < -0.39 is 5.60 Å². The SMILES string of the molecule is CCc1nn(-c2noc(C3CCN(C(=O)OC(C)(C)C)CC3)n2)c2cc(C)ccc12. The van der Waals surface area contributed by atoms with E-state index in [-0.39, 0.29) is 12.0 Å². The zero-order valence-corrected chi connectivity index (χ0v) is 18.3. The first-order valence-corrected chi connectivity index (χ1v) is 10.6. The van der Waals surface area contributed by atoms with Crippen molar-refractivity contribution in [2.45, 2.75) is 65.4 Å². The fraction of sp³-hybridized carbons (Fsp3) is 0.545. The number of carbonyl (C=O) groups is 1. The van der Waals surface area contributed by atoms with Gasteiger partial charge in [0.05, 0.1) is 11.2 Å². The summed E-state index contributed by atoms with van der Waals surface area (Å²) in [6, 6.07) is 6.28. The van der Waals surface area contributed by atoms with Gasteiger partial charge in [-0.25, -0.2) is 4.79 Å². The molecule has 0 saturated carbocycles. The largest absolute Gasteiger partial charge is 0.444 e. The predicted octanol–water partition coefficient (Wildman–Crippen LogP) is 4.39. The van der Waals surface area contributed by atoms with Crippen LogP contribution in [0.15, 0.2) is 22.7 Å². The topological polar surface area (TPSA) is 86.3 Å². The van der Waals surface area contributed by atoms with Crippen LogP contribution in [0.5, 0.6) is 0 Å². The number of amides is 1. The second kappa shape index (κ2) is 7.74. The number of carbonyl (C=O) groups excluding carboxylic acids is 1. The first-order chi connectivity index (χ1) is 14.2. The standard InChI is InChI=1S/C22H29N5O3/c1-6-17-16-8-7-14(2)13-18(16)27(24-17)20-23-19(30-25-20)15-9-11-26(12-10-15)21(28)29-22(3,4)5/h7-8,13,15H,6,9-12H2,1-5H3. The summed E-state index contributed by atoms with van der Waals surface area (Å²) in [6.07, 6.45) is 2.10. The molecule has 0 aliphatic carbocycles. The molecule has 1 fully saturated rings. The first kappa shape index (κ1) is 20.4. The van der Waals surface area contributed by atoms with E-state index >= 15 is 0 Å². The van der Waals surface area contributed by atoms with Crippen molar-refractivity contribution in [2.24, 2.45) is 0 Å². The van der Waals surface area contributed by atoms with E-state index in [2.05, 4.69) is 42.2 Å². The van der Waals surface area contributed by atoms with E-state index in [1.54, 1.807) is 9.58 Å². The number of benzene rings is 1. The molecule has 0 bridgehead atoms. The van der Waals surface area contributed by atoms with E-state index in [1.807, 2.05) is 20.8 Å². The molecule has 4 rings (SSSR count). The summed E-state index contributed by atoms with van der Waals surface area (Å²) in [5, 5.41) is 10.0. The molecule has 30 heavy (non-hydrogen) atoms. The van der Waals surface area contributed by atoms with Crippen molar-refractivity contribution in [1.29, 1.82) is 0 Å². The molecule has 160 valence electrons. The van der Waals surface area contributed by atoms with Crippen LogP contribution < -0.4 is 0 Å². The van der Waals surface area contributed by atoms with Gasteiger partial charge in [-0.2, -0.15) is 14.8 Å². The summed E-state index contributed by atoms with van der Waals surface area (Å²) in [7, 11) is 0. The maximum Gasteiger partial charge on any atom is 0.410 e. The van der Waals surface area contributed by atoms with Crippen molar-refractivity contribution in [3.8, 4) is 5.95 Å². The minimum atomic E-state index is -0.489. The summed E-state index contributed by atoms with van der Waals surface area (Å²) >= 11 is 0. The lowest BCUT2D eigenvalue weighted by atomic mass is 9.97. The summed E-state index contributed by atoms with van der Waals surface area (Å²) in [6.45, 7) is 11.0. The molecular weight excluding hydrogens is 382 g/mol. The molecule has 0 N–H and O–H groups in total. The average Bonchev–Trinajstić information content (AvgIpc) is 3.31. The highest BCUT2D eigenvalue weighted by Gasteiger charge is 2.30. The van der Waals surface area contributed by atoms with Crippen LogP contribution >= 0.6 is 0 Å². The molecule has 3 aromatic rings. The van der Waals surface area contributed by atoms with E-state index in [1.165, 1.54) is 0 Å². The minimum Gasteiger partial charge on any atom is -0.444 e. The number of nitrogens with zero attached hydrogens (tertiary/aromatic N) is 5. The number of hydrogen-bond donors (Lipinski definition) is 0. The fourth-order valence-corrected chi connectivity index (χ4v) is 3.82. The van der Waals surface area contributed by atoms with Crippen molar-refractivity contribution >= 4 is 17.0 Å². The highest BCUT2D eigenvalue weighted by molar-refractivity contribution is 5.83. The summed E-state index contributed by atoms with van der Waals surface area (Å²) in [4.78, 5) is 18.7. The van der Waals surface area contributed by atoms with Crippen LogP contribution in [0.25, 0.3) is 16.9 Å². The Bertz CT molecular complexity index is 1050. The number of fused-ring (bicyclic) bond motifs is 1. The maximum atomic E-state index is 12.3. The van der Waals surface area contributed by atoms with E-state index in [0.717, 1.165) is 41.4 Å². The lowest BCUT2D eigenvalue weighted by Gasteiger charge is -2.32. The number of hydrogen-bond acceptors (Lipinski definition) is 6. The van der Waals surface area contributed by atoms with Gasteiger partial charge in [-0.3, -0.25) is 0 Å². The zero-order valence-electron chi connectivity index (χ0n) is 18.3. The molecule has 0 unspecified atom stereocenters. The lowest BCUT2D eigenvalue weighted by Crippen LogP contribution is -2.41. The molecule has 0 atom stereocenters. The van der Waals surface area contributed by atoms with Crippen LogP contribution in [0.1, 0.15) is 63.6 Å². The molecule has 1 aliphatic rings. The van der Waals surface area contributed by atoms with Crippen LogP contribution in [-0.2, 0) is 11.2 Å². The molecule has 1 aromatic carbocycles. The Balaban J connectivity index is 1.50. The third-order valence-corrected chi connectivity index (χ3v) is 5.36. The molecule has 1 aliphatic heterocycles. The second-order valence-electron chi connectivity index (χ2n) is 8.91. The van der Waals surface area contributed by atoms with Crippen LogP contribution in [0.2, 0.25) is 0 Å². The molecule has 1 saturated heterocycles. The Hall–Kier alpha value is -2.90. The van der Waals surface area contributed by atoms with Gasteiger partial charge in [-0.15, -0.1) is 0 Å². The van der Waals surface area contributed by atoms with Gasteiger partial charge in [0.25, 0.3) is 5.95 Å². The third-order valence-electron chi connectivity index (χ3n) is 5.36. The normalized spacial score (nSPS) is 15.7. The second-order valence-corrected chi connectivity index (χ2v) is 8.91. The Morgan fingerprint density at radius 2 is 2.00 bits per heavy atom. The Labute approximate surface area is 176 Å². The number of aryl methyl sites for hydroxylation is 2. The third kappa shape index (κ3) is 4.04. The molecule has 8 heteroatoms. The van der Waals surface area contributed by atoms with Crippen molar-refractivity contribution in [1.82, 2.24) is 24.8 Å². The van der Waals surface area contributed by atoms with Gasteiger partial charge in [0.2, 0.25) is 5.89 Å². The number of piperidine rings is 1. The van der Waals surface area contributed by atoms with Crippen molar-refractivity contribution in [2.75, 3.05) is 13.1 Å². The number of aromatic nitrogens is 4. The smallest absolute Gasteiger partial charge is 0.410 e.